The zero-order valence-corrected chi connectivity index (χ0v) is 21.9. The molecule has 4 aromatic rings. The summed E-state index contributed by atoms with van der Waals surface area (Å²) in [6, 6.07) is 20.5. The van der Waals surface area contributed by atoms with Crippen molar-refractivity contribution in [3.05, 3.63) is 104 Å². The Morgan fingerprint density at radius 2 is 1.61 bits per heavy atom. The van der Waals surface area contributed by atoms with E-state index in [4.69, 9.17) is 17.0 Å². The Hall–Kier alpha value is -3.51. The van der Waals surface area contributed by atoms with Crippen molar-refractivity contribution >= 4 is 66.0 Å². The van der Waals surface area contributed by atoms with Crippen molar-refractivity contribution in [2.45, 2.75) is 4.90 Å². The second-order valence-electron chi connectivity index (χ2n) is 7.61. The number of ether oxygens (including phenoxy) is 1. The Morgan fingerprint density at radius 1 is 0.972 bits per heavy atom. The summed E-state index contributed by atoms with van der Waals surface area (Å²) in [4.78, 5) is 24.8. The molecule has 36 heavy (non-hydrogen) atoms. The topological polar surface area (TPSA) is 104 Å². The van der Waals surface area contributed by atoms with Gasteiger partial charge in [-0.2, -0.15) is 0 Å². The lowest BCUT2D eigenvalue weighted by atomic mass is 10.0. The van der Waals surface area contributed by atoms with Crippen LogP contribution in [-0.2, 0) is 14.6 Å². The molecule has 0 bridgehead atoms. The first kappa shape index (κ1) is 25.6. The molecule has 0 aliphatic heterocycles. The molecule has 0 radical (unpaired) electrons. The van der Waals surface area contributed by atoms with Crippen molar-refractivity contribution in [3.8, 4) is 16.2 Å². The quantitative estimate of drug-likeness (QED) is 0.0367. The Bertz CT molecular complexity index is 1620. The second-order valence-corrected chi connectivity index (χ2v) is 12.5. The first-order chi connectivity index (χ1) is 17.1. The van der Waals surface area contributed by atoms with Gasteiger partial charge in [-0.1, -0.05) is 45.0 Å². The highest BCUT2D eigenvalue weighted by Gasteiger charge is 2.17. The van der Waals surface area contributed by atoms with Gasteiger partial charge in [0.05, 0.1) is 15.4 Å². The van der Waals surface area contributed by atoms with E-state index in [1.54, 1.807) is 22.5 Å². The molecule has 0 amide bonds. The number of sulfone groups is 1. The second kappa shape index (κ2) is 10.6. The fourth-order valence-corrected chi connectivity index (χ4v) is 6.26. The monoisotopic (exact) mass is 555 g/mol. The third-order valence-electron chi connectivity index (χ3n) is 5.04. The number of non-ortho nitro benzene ring substituents is 1. The molecule has 0 aliphatic carbocycles. The minimum absolute atomic E-state index is 0.0800. The predicted octanol–water partition coefficient (Wildman–Crippen LogP) is 6.66. The van der Waals surface area contributed by atoms with Gasteiger partial charge in [-0.25, -0.2) is 13.2 Å². The zero-order chi connectivity index (χ0) is 25.9. The third kappa shape index (κ3) is 6.18. The molecule has 0 saturated carbocycles. The van der Waals surface area contributed by atoms with E-state index >= 15 is 0 Å². The van der Waals surface area contributed by atoms with E-state index in [9.17, 15) is 23.3 Å². The van der Waals surface area contributed by atoms with E-state index in [-0.39, 0.29) is 16.2 Å². The summed E-state index contributed by atoms with van der Waals surface area (Å²) in [5.74, 6) is -0.343. The zero-order valence-electron chi connectivity index (χ0n) is 18.6. The molecule has 11 heteroatoms. The fourth-order valence-electron chi connectivity index (χ4n) is 3.22. The number of carbonyl (C=O) groups excluding carboxylic acids is 1. The van der Waals surface area contributed by atoms with Gasteiger partial charge in [0.15, 0.2) is 9.84 Å². The Morgan fingerprint density at radius 3 is 2.14 bits per heavy atom. The number of nitro benzene ring substituents is 1. The van der Waals surface area contributed by atoms with E-state index < -0.39 is 20.7 Å². The molecular weight excluding hydrogens is 539 g/mol. The van der Waals surface area contributed by atoms with E-state index in [1.807, 2.05) is 18.2 Å². The number of esters is 1. The molecular formula is C25H17NO6S4. The molecule has 182 valence electrons. The van der Waals surface area contributed by atoms with Crippen molar-refractivity contribution in [3.63, 3.8) is 0 Å². The normalized spacial score (nSPS) is 11.8. The Kier molecular flexibility index (Phi) is 7.55. The van der Waals surface area contributed by atoms with Gasteiger partial charge < -0.3 is 4.74 Å². The van der Waals surface area contributed by atoms with Crippen LogP contribution in [0.1, 0.15) is 11.1 Å². The van der Waals surface area contributed by atoms with Gasteiger partial charge in [-0.3, -0.25) is 10.1 Å². The molecule has 1 heterocycles. The number of hydrogen-bond donors (Lipinski definition) is 0. The molecule has 7 nitrogen and oxygen atoms in total. The predicted molar refractivity (Wildman–Crippen MR) is 145 cm³/mol. The van der Waals surface area contributed by atoms with E-state index in [0.717, 1.165) is 20.5 Å². The summed E-state index contributed by atoms with van der Waals surface area (Å²) in [6.45, 7) is 0. The van der Waals surface area contributed by atoms with E-state index in [1.165, 1.54) is 64.9 Å². The van der Waals surface area contributed by atoms with E-state index in [0.29, 0.717) is 16.9 Å². The maximum atomic E-state index is 13.2. The minimum atomic E-state index is -3.42. The summed E-state index contributed by atoms with van der Waals surface area (Å²) in [5.41, 5.74) is 1.99. The van der Waals surface area contributed by atoms with Gasteiger partial charge in [0.1, 0.15) is 9.57 Å². The van der Waals surface area contributed by atoms with Crippen molar-refractivity contribution in [1.82, 2.24) is 0 Å². The van der Waals surface area contributed by atoms with Crippen LogP contribution in [0.5, 0.6) is 5.75 Å². The fraction of sp³-hybridized carbons (Fsp3) is 0.0400. The maximum Gasteiger partial charge on any atom is 0.344 e. The Labute approximate surface area is 219 Å². The van der Waals surface area contributed by atoms with Crippen LogP contribution in [0.3, 0.4) is 0 Å². The highest BCUT2D eigenvalue weighted by molar-refractivity contribution is 7.90. The highest BCUT2D eigenvalue weighted by Crippen LogP contribution is 2.31. The van der Waals surface area contributed by atoms with Crippen LogP contribution in [0, 0.1) is 13.9 Å². The number of nitro groups is 1. The molecule has 4 rings (SSSR count). The van der Waals surface area contributed by atoms with Crippen molar-refractivity contribution in [2.24, 2.45) is 0 Å². The third-order valence-corrected chi connectivity index (χ3v) is 9.08. The summed E-state index contributed by atoms with van der Waals surface area (Å²) in [7, 11) is -0.339. The number of nitrogens with zero attached hydrogens (tertiary/aromatic N) is 1. The van der Waals surface area contributed by atoms with Crippen molar-refractivity contribution < 1.29 is 22.9 Å². The molecule has 1 aromatic heterocycles. The van der Waals surface area contributed by atoms with Gasteiger partial charge in [0.25, 0.3) is 5.69 Å². The van der Waals surface area contributed by atoms with Gasteiger partial charge in [-0.05, 0) is 77.4 Å². The molecule has 0 fully saturated rings. The van der Waals surface area contributed by atoms with Gasteiger partial charge in [0, 0.05) is 23.3 Å². The van der Waals surface area contributed by atoms with Crippen LogP contribution in [0.25, 0.3) is 22.1 Å². The molecule has 3 aromatic carbocycles. The average Bonchev–Trinajstić information content (AvgIpc) is 3.29. The van der Waals surface area contributed by atoms with Crippen LogP contribution in [0.4, 0.5) is 5.69 Å². The summed E-state index contributed by atoms with van der Waals surface area (Å²) < 4.78 is 30.1. The van der Waals surface area contributed by atoms with Gasteiger partial charge >= 0.3 is 5.97 Å². The van der Waals surface area contributed by atoms with Crippen LogP contribution < -0.4 is 4.74 Å². The van der Waals surface area contributed by atoms with Gasteiger partial charge in [-0.15, -0.1) is 0 Å². The SMILES string of the molecule is CS(=O)(=O)c1ccc(/C(=C\c2ccc([N+](=O)[O-])cc2)C(=O)Oc2ccc(-c3cc(=S)ss3)cc2)cc1. The maximum absolute atomic E-state index is 13.2. The van der Waals surface area contributed by atoms with Crippen molar-refractivity contribution in [2.75, 3.05) is 6.26 Å². The molecule has 0 atom stereocenters. The van der Waals surface area contributed by atoms with Crippen molar-refractivity contribution in [1.29, 1.82) is 0 Å². The number of rotatable bonds is 7. The van der Waals surface area contributed by atoms with Crippen LogP contribution in [0.2, 0.25) is 0 Å². The smallest absolute Gasteiger partial charge is 0.344 e. The molecule has 0 unspecified atom stereocenters. The van der Waals surface area contributed by atoms with Gasteiger partial charge in [0.2, 0.25) is 0 Å². The number of benzene rings is 3. The van der Waals surface area contributed by atoms with Crippen LogP contribution in [-0.4, -0.2) is 25.6 Å². The van der Waals surface area contributed by atoms with E-state index in [2.05, 4.69) is 0 Å². The molecule has 0 N–H and O–H groups in total. The average molecular weight is 556 g/mol. The molecule has 0 aliphatic rings. The molecule has 0 spiro atoms. The largest absolute Gasteiger partial charge is 0.423 e. The standard InChI is InChI=1S/C25H17NO6S4/c1-36(30,31)21-12-6-17(7-13-21)22(14-16-2-8-19(9-3-16)26(28)29)25(27)32-20-10-4-18(5-11-20)23-15-24(33)35-34-23/h2-15H,1H3/b22-14+. The molecule has 0 saturated heterocycles. The van der Waals surface area contributed by atoms with Crippen LogP contribution in [0.15, 0.2) is 83.8 Å². The van der Waals surface area contributed by atoms with Crippen LogP contribution >= 0.6 is 32.9 Å². The lowest BCUT2D eigenvalue weighted by Gasteiger charge is -2.10. The number of hydrogen-bond acceptors (Lipinski definition) is 9. The Balaban J connectivity index is 1.66. The summed E-state index contributed by atoms with van der Waals surface area (Å²) in [6.07, 6.45) is 2.63. The highest BCUT2D eigenvalue weighted by atomic mass is 32.9. The lowest BCUT2D eigenvalue weighted by Crippen LogP contribution is -2.11. The summed E-state index contributed by atoms with van der Waals surface area (Å²) >= 11 is 5.18. The first-order valence-electron chi connectivity index (χ1n) is 10.3. The first-order valence-corrected chi connectivity index (χ1v) is 14.7. The minimum Gasteiger partial charge on any atom is -0.423 e. The number of carbonyl (C=O) groups is 1. The lowest BCUT2D eigenvalue weighted by molar-refractivity contribution is -0.384. The summed E-state index contributed by atoms with van der Waals surface area (Å²) in [5, 5.41) is 11.0.